The number of nitrogens with zero attached hydrogens (tertiary/aromatic N) is 5. The van der Waals surface area contributed by atoms with E-state index in [1.807, 2.05) is 0 Å². The Hall–Kier alpha value is -2.90. The van der Waals surface area contributed by atoms with Crippen molar-refractivity contribution in [2.75, 3.05) is 12.4 Å². The molecule has 0 radical (unpaired) electrons. The van der Waals surface area contributed by atoms with Crippen LogP contribution in [-0.4, -0.2) is 46.0 Å². The summed E-state index contributed by atoms with van der Waals surface area (Å²) < 4.78 is 31.6. The van der Waals surface area contributed by atoms with Crippen LogP contribution < -0.4 is 5.32 Å². The number of nitrogens with one attached hydrogen (secondary N) is 1. The minimum Gasteiger partial charge on any atom is -0.338 e. The van der Waals surface area contributed by atoms with Gasteiger partial charge < -0.3 is 4.52 Å². The number of carbonyl (C=O) groups excluding carboxylic acids is 1. The summed E-state index contributed by atoms with van der Waals surface area (Å²) in [6.45, 7) is -0.208. The van der Waals surface area contributed by atoms with Crippen LogP contribution in [0.3, 0.4) is 0 Å². The molecule has 4 aromatic rings. The maximum absolute atomic E-state index is 12.9. The summed E-state index contributed by atoms with van der Waals surface area (Å²) in [4.78, 5) is 16.6. The summed E-state index contributed by atoms with van der Waals surface area (Å²) in [5, 5.41) is 14.5. The lowest BCUT2D eigenvalue weighted by Gasteiger charge is -2.11. The summed E-state index contributed by atoms with van der Waals surface area (Å²) in [6, 6.07) is 13.4. The average Bonchev–Trinajstić information content (AvgIpc) is 3.44. The highest BCUT2D eigenvalue weighted by molar-refractivity contribution is 7.91. The van der Waals surface area contributed by atoms with Crippen LogP contribution >= 0.6 is 34.5 Å². The highest BCUT2D eigenvalue weighted by atomic mass is 35.5. The number of hydrogen-bond donors (Lipinski definition) is 1. The predicted octanol–water partition coefficient (Wildman–Crippen LogP) is 3.97. The molecule has 0 unspecified atom stereocenters. The highest BCUT2D eigenvalue weighted by Gasteiger charge is 2.28. The fraction of sp³-hybridized carbons (Fsp3) is 0.105. The predicted molar refractivity (Wildman–Crippen MR) is 123 cm³/mol. The van der Waals surface area contributed by atoms with Crippen LogP contribution in [0.4, 0.5) is 5.13 Å². The molecule has 2 aromatic heterocycles. The molecular weight excluding hydrogens is 511 g/mol. The van der Waals surface area contributed by atoms with E-state index in [1.54, 1.807) is 42.5 Å². The fourth-order valence-electron chi connectivity index (χ4n) is 2.65. The molecule has 2 aromatic carbocycles. The Bertz CT molecular complexity index is 1420. The summed E-state index contributed by atoms with van der Waals surface area (Å²) >= 11 is 12.8. The van der Waals surface area contributed by atoms with Gasteiger partial charge in [-0.15, -0.1) is 10.2 Å². The van der Waals surface area contributed by atoms with Crippen molar-refractivity contribution in [3.63, 3.8) is 0 Å². The first kappa shape index (κ1) is 23.3. The molecular formula is C19H14Cl2N6O4S2. The van der Waals surface area contributed by atoms with Gasteiger partial charge in [0, 0.05) is 12.6 Å². The largest absolute Gasteiger partial charge is 0.338 e. The van der Waals surface area contributed by atoms with Crippen molar-refractivity contribution >= 4 is 55.6 Å². The van der Waals surface area contributed by atoms with Crippen LogP contribution in [0, 0.1) is 0 Å². The third-order valence-electron chi connectivity index (χ3n) is 4.32. The van der Waals surface area contributed by atoms with Gasteiger partial charge in [0.2, 0.25) is 21.2 Å². The van der Waals surface area contributed by atoms with E-state index in [0.717, 1.165) is 4.31 Å². The van der Waals surface area contributed by atoms with Crippen LogP contribution in [0.15, 0.2) is 57.4 Å². The van der Waals surface area contributed by atoms with Crippen molar-refractivity contribution in [1.29, 1.82) is 0 Å². The number of benzene rings is 2. The van der Waals surface area contributed by atoms with Gasteiger partial charge in [0.15, 0.2) is 0 Å². The monoisotopic (exact) mass is 524 g/mol. The second-order valence-corrected chi connectivity index (χ2v) is 10.6. The van der Waals surface area contributed by atoms with Gasteiger partial charge in [-0.3, -0.25) is 10.1 Å². The lowest BCUT2D eigenvalue weighted by atomic mass is 10.2. The molecule has 0 fully saturated rings. The number of rotatable bonds is 7. The van der Waals surface area contributed by atoms with Crippen LogP contribution in [0.5, 0.6) is 0 Å². The second kappa shape index (κ2) is 9.53. The molecule has 4 rings (SSSR count). The number of sulfonamides is 1. The van der Waals surface area contributed by atoms with Gasteiger partial charge in [0.25, 0.3) is 15.9 Å². The SMILES string of the molecule is CN(Cc1nc(-c2ccccc2Cl)no1)S(=O)(=O)c1nnc(NC(=O)c2ccccc2Cl)s1. The lowest BCUT2D eigenvalue weighted by molar-refractivity contribution is 0.102. The lowest BCUT2D eigenvalue weighted by Crippen LogP contribution is -2.26. The van der Waals surface area contributed by atoms with E-state index in [4.69, 9.17) is 27.7 Å². The Kier molecular flexibility index (Phi) is 6.72. The maximum atomic E-state index is 12.9. The zero-order chi connectivity index (χ0) is 23.6. The Labute approximate surface area is 202 Å². The first-order valence-corrected chi connectivity index (χ1v) is 12.2. The Balaban J connectivity index is 1.47. The summed E-state index contributed by atoms with van der Waals surface area (Å²) in [5.41, 5.74) is 0.782. The minimum atomic E-state index is -4.04. The molecule has 14 heteroatoms. The van der Waals surface area contributed by atoms with E-state index in [-0.39, 0.29) is 38.3 Å². The quantitative estimate of drug-likeness (QED) is 0.359. The van der Waals surface area contributed by atoms with Gasteiger partial charge in [-0.25, -0.2) is 8.42 Å². The zero-order valence-corrected chi connectivity index (χ0v) is 19.9. The highest BCUT2D eigenvalue weighted by Crippen LogP contribution is 2.27. The normalized spacial score (nSPS) is 11.6. The number of hydrogen-bond acceptors (Lipinski definition) is 9. The molecule has 0 spiro atoms. The third kappa shape index (κ3) is 5.04. The van der Waals surface area contributed by atoms with Gasteiger partial charge in [-0.2, -0.15) is 9.29 Å². The molecule has 33 heavy (non-hydrogen) atoms. The van der Waals surface area contributed by atoms with E-state index in [0.29, 0.717) is 21.9 Å². The van der Waals surface area contributed by atoms with Crippen LogP contribution in [0.25, 0.3) is 11.4 Å². The number of aromatic nitrogens is 4. The van der Waals surface area contributed by atoms with Crippen molar-refractivity contribution in [2.24, 2.45) is 0 Å². The maximum Gasteiger partial charge on any atom is 0.272 e. The first-order valence-electron chi connectivity index (χ1n) is 9.19. The first-order chi connectivity index (χ1) is 15.8. The van der Waals surface area contributed by atoms with Crippen molar-refractivity contribution in [1.82, 2.24) is 24.6 Å². The second-order valence-electron chi connectivity index (χ2n) is 6.56. The van der Waals surface area contributed by atoms with Gasteiger partial charge in [-0.05, 0) is 24.3 Å². The number of anilines is 1. The summed E-state index contributed by atoms with van der Waals surface area (Å²) in [6.07, 6.45) is 0. The molecule has 0 bridgehead atoms. The molecule has 0 aliphatic rings. The fourth-order valence-corrected chi connectivity index (χ4v) is 5.30. The number of halogens is 2. The topological polar surface area (TPSA) is 131 Å². The molecule has 10 nitrogen and oxygen atoms in total. The van der Waals surface area contributed by atoms with E-state index >= 15 is 0 Å². The van der Waals surface area contributed by atoms with Gasteiger partial charge in [0.1, 0.15) is 0 Å². The molecule has 170 valence electrons. The summed E-state index contributed by atoms with van der Waals surface area (Å²) in [5.74, 6) is -0.235. The Morgan fingerprint density at radius 3 is 2.52 bits per heavy atom. The van der Waals surface area contributed by atoms with Gasteiger partial charge in [0.05, 0.1) is 22.2 Å². The molecule has 2 heterocycles. The van der Waals surface area contributed by atoms with Crippen LogP contribution in [0.2, 0.25) is 10.0 Å². The van der Waals surface area contributed by atoms with E-state index < -0.39 is 15.9 Å². The van der Waals surface area contributed by atoms with Crippen molar-refractivity contribution in [3.8, 4) is 11.4 Å². The molecule has 0 saturated heterocycles. The molecule has 1 N–H and O–H groups in total. The Morgan fingerprint density at radius 2 is 1.79 bits per heavy atom. The van der Waals surface area contributed by atoms with Crippen molar-refractivity contribution in [2.45, 2.75) is 10.9 Å². The molecule has 0 aliphatic heterocycles. The standard InChI is InChI=1S/C19H14Cl2N6O4S2/c1-27(10-15-22-16(26-31-15)11-6-2-4-8-13(11)20)33(29,30)19-25-24-18(32-19)23-17(28)12-7-3-5-9-14(12)21/h2-9H,10H2,1H3,(H,23,24,28). The van der Waals surface area contributed by atoms with Crippen LogP contribution in [0.1, 0.15) is 16.2 Å². The molecule has 0 atom stereocenters. The van der Waals surface area contributed by atoms with Crippen LogP contribution in [-0.2, 0) is 16.6 Å². The molecule has 1 amide bonds. The minimum absolute atomic E-state index is 0.00527. The van der Waals surface area contributed by atoms with Gasteiger partial charge in [-0.1, -0.05) is 64.0 Å². The molecule has 0 saturated carbocycles. The average molecular weight is 525 g/mol. The third-order valence-corrected chi connectivity index (χ3v) is 7.96. The number of amides is 1. The smallest absolute Gasteiger partial charge is 0.272 e. The Morgan fingerprint density at radius 1 is 1.09 bits per heavy atom. The zero-order valence-electron chi connectivity index (χ0n) is 16.8. The van der Waals surface area contributed by atoms with Gasteiger partial charge >= 0.3 is 0 Å². The van der Waals surface area contributed by atoms with Crippen molar-refractivity contribution in [3.05, 3.63) is 70.0 Å². The van der Waals surface area contributed by atoms with E-state index in [9.17, 15) is 13.2 Å². The van der Waals surface area contributed by atoms with Crippen molar-refractivity contribution < 1.29 is 17.7 Å². The van der Waals surface area contributed by atoms with E-state index in [1.165, 1.54) is 13.1 Å². The summed E-state index contributed by atoms with van der Waals surface area (Å²) in [7, 11) is -2.71. The number of carbonyl (C=O) groups is 1. The molecule has 0 aliphatic carbocycles. The van der Waals surface area contributed by atoms with E-state index in [2.05, 4.69) is 25.7 Å².